The minimum absolute atomic E-state index is 0.0111. The molecule has 0 spiro atoms. The highest BCUT2D eigenvalue weighted by Gasteiger charge is 2.12. The first-order valence-electron chi connectivity index (χ1n) is 6.44. The number of nitrogens with zero attached hydrogens (tertiary/aromatic N) is 1. The smallest absolute Gasteiger partial charge is 0.203 e. The number of allylic oxidation sites excluding steroid dienone is 1. The van der Waals surface area contributed by atoms with E-state index >= 15 is 0 Å². The number of hydrogen-bond donors (Lipinski definition) is 2. The summed E-state index contributed by atoms with van der Waals surface area (Å²) in [6, 6.07) is 12.8. The zero-order valence-corrected chi connectivity index (χ0v) is 11.9. The Hall–Kier alpha value is -3.26. The van der Waals surface area contributed by atoms with Crippen LogP contribution in [0.25, 0.3) is 6.08 Å². The summed E-state index contributed by atoms with van der Waals surface area (Å²) in [6.07, 6.45) is 1.45. The van der Waals surface area contributed by atoms with Gasteiger partial charge in [-0.3, -0.25) is 4.79 Å². The molecule has 110 valence electrons. The van der Waals surface area contributed by atoms with E-state index in [1.54, 1.807) is 36.4 Å². The number of nitrogens with two attached hydrogens (primary N) is 1. The van der Waals surface area contributed by atoms with Crippen LogP contribution in [-0.4, -0.2) is 18.0 Å². The number of carbonyl (C=O) groups is 1. The lowest BCUT2D eigenvalue weighted by molar-refractivity contribution is 0.104. The van der Waals surface area contributed by atoms with E-state index in [1.165, 1.54) is 19.3 Å². The number of rotatable bonds is 4. The molecule has 0 aromatic heterocycles. The molecule has 5 nitrogen and oxygen atoms in total. The summed E-state index contributed by atoms with van der Waals surface area (Å²) in [5.74, 6) is -0.136. The standard InChI is InChI=1S/C17H14N2O3/c1-22-16-9-11(2-7-15(16)20)8-13(10-18)17(21)12-3-5-14(19)6-4-12/h2-9,20H,19H2,1H3/b13-8+. The maximum Gasteiger partial charge on any atom is 0.203 e. The number of anilines is 1. The number of Topliss-reactive ketones (excluding diaryl/α,β-unsaturated/α-hetero) is 1. The lowest BCUT2D eigenvalue weighted by atomic mass is 10.0. The molecule has 0 radical (unpaired) electrons. The molecule has 0 saturated heterocycles. The first-order chi connectivity index (χ1) is 10.5. The summed E-state index contributed by atoms with van der Waals surface area (Å²) in [7, 11) is 1.42. The van der Waals surface area contributed by atoms with Gasteiger partial charge < -0.3 is 15.6 Å². The van der Waals surface area contributed by atoms with Crippen molar-refractivity contribution < 1.29 is 14.6 Å². The van der Waals surface area contributed by atoms with E-state index < -0.39 is 5.78 Å². The Kier molecular flexibility index (Phi) is 4.44. The SMILES string of the molecule is COc1cc(/C=C(\C#N)C(=O)c2ccc(N)cc2)ccc1O. The Labute approximate surface area is 127 Å². The van der Waals surface area contributed by atoms with Crippen LogP contribution in [0.5, 0.6) is 11.5 Å². The molecule has 5 heteroatoms. The van der Waals surface area contributed by atoms with Crippen LogP contribution in [0.2, 0.25) is 0 Å². The van der Waals surface area contributed by atoms with Crippen LogP contribution in [0, 0.1) is 11.3 Å². The number of methoxy groups -OCH3 is 1. The van der Waals surface area contributed by atoms with Gasteiger partial charge in [0.25, 0.3) is 0 Å². The Morgan fingerprint density at radius 3 is 2.55 bits per heavy atom. The molecule has 0 fully saturated rings. The number of ether oxygens (including phenoxy) is 1. The molecule has 0 aliphatic heterocycles. The van der Waals surface area contributed by atoms with Crippen molar-refractivity contribution in [3.8, 4) is 17.6 Å². The fourth-order valence-corrected chi connectivity index (χ4v) is 1.89. The third-order valence-electron chi connectivity index (χ3n) is 3.05. The van der Waals surface area contributed by atoms with Crippen molar-refractivity contribution in [3.05, 3.63) is 59.2 Å². The number of benzene rings is 2. The highest BCUT2D eigenvalue weighted by atomic mass is 16.5. The molecule has 2 rings (SSSR count). The van der Waals surface area contributed by atoms with Gasteiger partial charge in [-0.25, -0.2) is 0 Å². The van der Waals surface area contributed by atoms with Crippen molar-refractivity contribution in [2.24, 2.45) is 0 Å². The lowest BCUT2D eigenvalue weighted by Gasteiger charge is -2.04. The number of aromatic hydroxyl groups is 1. The summed E-state index contributed by atoms with van der Waals surface area (Å²) >= 11 is 0. The number of phenolic OH excluding ortho intramolecular Hbond substituents is 1. The number of hydrogen-bond acceptors (Lipinski definition) is 5. The molecule has 0 heterocycles. The van der Waals surface area contributed by atoms with Gasteiger partial charge in [-0.05, 0) is 48.0 Å². The van der Waals surface area contributed by atoms with Crippen LogP contribution in [-0.2, 0) is 0 Å². The summed E-state index contributed by atoms with van der Waals surface area (Å²) in [6.45, 7) is 0. The first-order valence-corrected chi connectivity index (χ1v) is 6.44. The molecule has 0 unspecified atom stereocenters. The van der Waals surface area contributed by atoms with Crippen molar-refractivity contribution in [3.63, 3.8) is 0 Å². The second kappa shape index (κ2) is 6.46. The van der Waals surface area contributed by atoms with E-state index in [0.717, 1.165) is 0 Å². The predicted octanol–water partition coefficient (Wildman–Crippen LogP) is 2.77. The maximum atomic E-state index is 12.3. The zero-order valence-electron chi connectivity index (χ0n) is 11.9. The third-order valence-corrected chi connectivity index (χ3v) is 3.05. The summed E-state index contributed by atoms with van der Waals surface area (Å²) in [4.78, 5) is 12.3. The van der Waals surface area contributed by atoms with Crippen LogP contribution in [0.15, 0.2) is 48.0 Å². The van der Waals surface area contributed by atoms with E-state index in [9.17, 15) is 15.2 Å². The van der Waals surface area contributed by atoms with E-state index in [1.807, 2.05) is 6.07 Å². The summed E-state index contributed by atoms with van der Waals surface area (Å²) < 4.78 is 5.00. The maximum absolute atomic E-state index is 12.3. The average Bonchev–Trinajstić information content (AvgIpc) is 2.54. The molecule has 2 aromatic rings. The van der Waals surface area contributed by atoms with Gasteiger partial charge in [0, 0.05) is 11.3 Å². The Morgan fingerprint density at radius 1 is 1.27 bits per heavy atom. The van der Waals surface area contributed by atoms with Crippen molar-refractivity contribution in [1.29, 1.82) is 5.26 Å². The van der Waals surface area contributed by atoms with Crippen LogP contribution in [0.4, 0.5) is 5.69 Å². The number of phenols is 1. The summed E-state index contributed by atoms with van der Waals surface area (Å²) in [5, 5.41) is 18.8. The van der Waals surface area contributed by atoms with Gasteiger partial charge in [-0.2, -0.15) is 5.26 Å². The van der Waals surface area contributed by atoms with Gasteiger partial charge in [0.1, 0.15) is 11.6 Å². The van der Waals surface area contributed by atoms with Gasteiger partial charge in [0.2, 0.25) is 5.78 Å². The van der Waals surface area contributed by atoms with Crippen LogP contribution in [0.1, 0.15) is 15.9 Å². The normalized spacial score (nSPS) is 10.8. The van der Waals surface area contributed by atoms with E-state index in [2.05, 4.69) is 0 Å². The predicted molar refractivity (Wildman–Crippen MR) is 83.4 cm³/mol. The molecule has 0 saturated carbocycles. The van der Waals surface area contributed by atoms with E-state index in [4.69, 9.17) is 10.5 Å². The first kappa shape index (κ1) is 15.1. The summed E-state index contributed by atoms with van der Waals surface area (Å²) in [5.41, 5.74) is 7.07. The molecule has 0 aliphatic carbocycles. The van der Waals surface area contributed by atoms with Crippen LogP contribution >= 0.6 is 0 Å². The highest BCUT2D eigenvalue weighted by molar-refractivity contribution is 6.14. The molecule has 2 aromatic carbocycles. The molecular formula is C17H14N2O3. The van der Waals surface area contributed by atoms with Crippen molar-refractivity contribution >= 4 is 17.5 Å². The lowest BCUT2D eigenvalue weighted by Crippen LogP contribution is -2.02. The third kappa shape index (κ3) is 3.25. The molecule has 0 amide bonds. The van der Waals surface area contributed by atoms with Gasteiger partial charge in [0.15, 0.2) is 11.5 Å². The van der Waals surface area contributed by atoms with Gasteiger partial charge >= 0.3 is 0 Å². The fraction of sp³-hybridized carbons (Fsp3) is 0.0588. The van der Waals surface area contributed by atoms with Crippen molar-refractivity contribution in [2.75, 3.05) is 12.8 Å². The van der Waals surface area contributed by atoms with E-state index in [0.29, 0.717) is 16.8 Å². The van der Waals surface area contributed by atoms with E-state index in [-0.39, 0.29) is 17.1 Å². The largest absolute Gasteiger partial charge is 0.504 e. The minimum atomic E-state index is -0.394. The zero-order chi connectivity index (χ0) is 16.1. The van der Waals surface area contributed by atoms with Gasteiger partial charge in [0.05, 0.1) is 7.11 Å². The number of ketones is 1. The molecule has 0 bridgehead atoms. The van der Waals surface area contributed by atoms with Crippen LogP contribution in [0.3, 0.4) is 0 Å². The Bertz CT molecular complexity index is 771. The van der Waals surface area contributed by atoms with Crippen LogP contribution < -0.4 is 10.5 Å². The second-order valence-corrected chi connectivity index (χ2v) is 4.55. The van der Waals surface area contributed by atoms with Gasteiger partial charge in [-0.1, -0.05) is 6.07 Å². The van der Waals surface area contributed by atoms with Crippen molar-refractivity contribution in [1.82, 2.24) is 0 Å². The van der Waals surface area contributed by atoms with Gasteiger partial charge in [-0.15, -0.1) is 0 Å². The number of nitrogen functional groups attached to an aromatic ring is 1. The average molecular weight is 294 g/mol. The minimum Gasteiger partial charge on any atom is -0.504 e. The fourth-order valence-electron chi connectivity index (χ4n) is 1.89. The highest BCUT2D eigenvalue weighted by Crippen LogP contribution is 2.27. The molecular weight excluding hydrogens is 280 g/mol. The monoisotopic (exact) mass is 294 g/mol. The molecule has 0 aliphatic rings. The topological polar surface area (TPSA) is 96.3 Å². The number of carbonyl (C=O) groups excluding carboxylic acids is 1. The molecule has 0 atom stereocenters. The quantitative estimate of drug-likeness (QED) is 0.391. The second-order valence-electron chi connectivity index (χ2n) is 4.55. The Morgan fingerprint density at radius 2 is 1.95 bits per heavy atom. The number of nitriles is 1. The van der Waals surface area contributed by atoms with Crippen molar-refractivity contribution in [2.45, 2.75) is 0 Å². The molecule has 3 N–H and O–H groups in total. The molecule has 22 heavy (non-hydrogen) atoms. The Balaban J connectivity index is 2.37.